The van der Waals surface area contributed by atoms with Gasteiger partial charge in [-0.1, -0.05) is 45.7 Å². The molecule has 1 aliphatic rings. The van der Waals surface area contributed by atoms with Gasteiger partial charge in [-0.05, 0) is 54.3 Å². The van der Waals surface area contributed by atoms with Crippen molar-refractivity contribution in [3.8, 4) is 0 Å². The van der Waals surface area contributed by atoms with E-state index >= 15 is 0 Å². The van der Waals surface area contributed by atoms with E-state index in [1.54, 1.807) is 12.1 Å². The molecule has 1 heterocycles. The fourth-order valence-electron chi connectivity index (χ4n) is 3.06. The van der Waals surface area contributed by atoms with Crippen LogP contribution in [0.4, 0.5) is 4.39 Å². The SMILES string of the molecule is Fc1cc(C2CCNCC2c2ccc(Br)cc2)ccc1Cl. The molecular formula is C17H16BrClFN. The van der Waals surface area contributed by atoms with Gasteiger partial charge in [0, 0.05) is 16.9 Å². The van der Waals surface area contributed by atoms with Gasteiger partial charge >= 0.3 is 0 Å². The average molecular weight is 369 g/mol. The molecular weight excluding hydrogens is 353 g/mol. The quantitative estimate of drug-likeness (QED) is 0.777. The van der Waals surface area contributed by atoms with Crippen LogP contribution in [0.5, 0.6) is 0 Å². The summed E-state index contributed by atoms with van der Waals surface area (Å²) < 4.78 is 14.8. The second kappa shape index (κ2) is 6.47. The van der Waals surface area contributed by atoms with Gasteiger partial charge in [0.2, 0.25) is 0 Å². The van der Waals surface area contributed by atoms with Gasteiger partial charge < -0.3 is 5.32 Å². The van der Waals surface area contributed by atoms with Crippen LogP contribution in [-0.4, -0.2) is 13.1 Å². The van der Waals surface area contributed by atoms with E-state index in [0.717, 1.165) is 29.5 Å². The maximum absolute atomic E-state index is 13.8. The van der Waals surface area contributed by atoms with Crippen molar-refractivity contribution >= 4 is 27.5 Å². The Morgan fingerprint density at radius 1 is 1.05 bits per heavy atom. The molecule has 1 fully saturated rings. The molecule has 21 heavy (non-hydrogen) atoms. The Balaban J connectivity index is 1.94. The molecule has 0 amide bonds. The Hall–Kier alpha value is -0.900. The fourth-order valence-corrected chi connectivity index (χ4v) is 3.44. The topological polar surface area (TPSA) is 12.0 Å². The van der Waals surface area contributed by atoms with Crippen molar-refractivity contribution in [2.24, 2.45) is 0 Å². The lowest BCUT2D eigenvalue weighted by Gasteiger charge is -2.33. The van der Waals surface area contributed by atoms with Crippen LogP contribution in [0.2, 0.25) is 5.02 Å². The van der Waals surface area contributed by atoms with Gasteiger partial charge in [0.1, 0.15) is 5.82 Å². The third-order valence-electron chi connectivity index (χ3n) is 4.15. The highest BCUT2D eigenvalue weighted by Gasteiger charge is 2.28. The number of hydrogen-bond acceptors (Lipinski definition) is 1. The van der Waals surface area contributed by atoms with Crippen molar-refractivity contribution in [2.45, 2.75) is 18.3 Å². The Bertz CT molecular complexity index is 629. The minimum atomic E-state index is -0.331. The third-order valence-corrected chi connectivity index (χ3v) is 4.99. The Morgan fingerprint density at radius 3 is 2.48 bits per heavy atom. The normalized spacial score (nSPS) is 22.2. The largest absolute Gasteiger partial charge is 0.316 e. The number of hydrogen-bond donors (Lipinski definition) is 1. The van der Waals surface area contributed by atoms with E-state index in [-0.39, 0.29) is 10.8 Å². The van der Waals surface area contributed by atoms with E-state index in [4.69, 9.17) is 11.6 Å². The molecule has 1 aliphatic heterocycles. The van der Waals surface area contributed by atoms with Crippen LogP contribution < -0.4 is 5.32 Å². The summed E-state index contributed by atoms with van der Waals surface area (Å²) in [7, 11) is 0. The second-order valence-corrected chi connectivity index (χ2v) is 6.75. The number of halogens is 3. The van der Waals surface area contributed by atoms with E-state index < -0.39 is 0 Å². The molecule has 2 atom stereocenters. The summed E-state index contributed by atoms with van der Waals surface area (Å²) in [5.74, 6) is 0.342. The van der Waals surface area contributed by atoms with Crippen molar-refractivity contribution in [1.29, 1.82) is 0 Å². The molecule has 110 valence electrons. The van der Waals surface area contributed by atoms with Crippen molar-refractivity contribution in [1.82, 2.24) is 5.32 Å². The first-order valence-corrected chi connectivity index (χ1v) is 8.23. The summed E-state index contributed by atoms with van der Waals surface area (Å²) in [6, 6.07) is 13.6. The van der Waals surface area contributed by atoms with Crippen LogP contribution >= 0.6 is 27.5 Å². The van der Waals surface area contributed by atoms with Gasteiger partial charge in [0.25, 0.3) is 0 Å². The molecule has 2 aromatic rings. The molecule has 0 aromatic heterocycles. The zero-order valence-corrected chi connectivity index (χ0v) is 13.8. The van der Waals surface area contributed by atoms with E-state index in [9.17, 15) is 4.39 Å². The third kappa shape index (κ3) is 3.31. The highest BCUT2D eigenvalue weighted by Crippen LogP contribution is 2.38. The smallest absolute Gasteiger partial charge is 0.142 e. The lowest BCUT2D eigenvalue weighted by Crippen LogP contribution is -2.34. The van der Waals surface area contributed by atoms with Gasteiger partial charge in [0.15, 0.2) is 0 Å². The molecule has 0 bridgehead atoms. The first-order valence-electron chi connectivity index (χ1n) is 7.06. The van der Waals surface area contributed by atoms with Crippen molar-refractivity contribution in [3.63, 3.8) is 0 Å². The molecule has 0 radical (unpaired) electrons. The summed E-state index contributed by atoms with van der Waals surface area (Å²) in [6.45, 7) is 1.87. The highest BCUT2D eigenvalue weighted by molar-refractivity contribution is 9.10. The summed E-state index contributed by atoms with van der Waals surface area (Å²) in [6.07, 6.45) is 1.00. The Kier molecular flexibility index (Phi) is 4.63. The average Bonchev–Trinajstić information content (AvgIpc) is 2.51. The summed E-state index contributed by atoms with van der Waals surface area (Å²) in [5, 5.41) is 3.63. The van der Waals surface area contributed by atoms with Crippen molar-refractivity contribution < 1.29 is 4.39 Å². The van der Waals surface area contributed by atoms with Crippen LogP contribution in [-0.2, 0) is 0 Å². The van der Waals surface area contributed by atoms with Gasteiger partial charge in [-0.15, -0.1) is 0 Å². The molecule has 0 spiro atoms. The minimum Gasteiger partial charge on any atom is -0.316 e. The van der Waals surface area contributed by atoms with Crippen LogP contribution in [0.15, 0.2) is 46.9 Å². The van der Waals surface area contributed by atoms with E-state index in [2.05, 4.69) is 45.5 Å². The zero-order valence-electron chi connectivity index (χ0n) is 11.5. The number of benzene rings is 2. The molecule has 0 saturated carbocycles. The van der Waals surface area contributed by atoms with Gasteiger partial charge in [-0.25, -0.2) is 4.39 Å². The fraction of sp³-hybridized carbons (Fsp3) is 0.294. The molecule has 3 rings (SSSR count). The second-order valence-electron chi connectivity index (χ2n) is 5.43. The van der Waals surface area contributed by atoms with Gasteiger partial charge in [0.05, 0.1) is 5.02 Å². The van der Waals surface area contributed by atoms with Crippen LogP contribution in [0, 0.1) is 5.82 Å². The number of rotatable bonds is 2. The number of piperidine rings is 1. The Morgan fingerprint density at radius 2 is 1.76 bits per heavy atom. The molecule has 1 saturated heterocycles. The molecule has 4 heteroatoms. The van der Waals surface area contributed by atoms with Crippen molar-refractivity contribution in [2.75, 3.05) is 13.1 Å². The first kappa shape index (κ1) is 15.0. The molecule has 2 aromatic carbocycles. The first-order chi connectivity index (χ1) is 10.1. The van der Waals surface area contributed by atoms with Crippen LogP contribution in [0.3, 0.4) is 0 Å². The molecule has 2 unspecified atom stereocenters. The Labute approximate surface area is 137 Å². The summed E-state index contributed by atoms with van der Waals surface area (Å²) in [5.41, 5.74) is 2.32. The van der Waals surface area contributed by atoms with Crippen LogP contribution in [0.1, 0.15) is 29.4 Å². The van der Waals surface area contributed by atoms with Crippen LogP contribution in [0.25, 0.3) is 0 Å². The zero-order chi connectivity index (χ0) is 14.8. The van der Waals surface area contributed by atoms with E-state index in [1.807, 2.05) is 6.07 Å². The van der Waals surface area contributed by atoms with Gasteiger partial charge in [-0.2, -0.15) is 0 Å². The minimum absolute atomic E-state index is 0.188. The molecule has 1 nitrogen and oxygen atoms in total. The monoisotopic (exact) mass is 367 g/mol. The predicted octanol–water partition coefficient (Wildman–Crippen LogP) is 5.10. The number of nitrogens with one attached hydrogen (secondary N) is 1. The standard InChI is InChI=1S/C17H16BrClFN/c18-13-4-1-11(2-5-13)15-10-21-8-7-14(15)12-3-6-16(19)17(20)9-12/h1-6,9,14-15,21H,7-8,10H2. The lowest BCUT2D eigenvalue weighted by molar-refractivity contribution is 0.403. The maximum Gasteiger partial charge on any atom is 0.142 e. The maximum atomic E-state index is 13.8. The highest BCUT2D eigenvalue weighted by atomic mass is 79.9. The molecule has 1 N–H and O–H groups in total. The molecule has 0 aliphatic carbocycles. The van der Waals surface area contributed by atoms with E-state index in [0.29, 0.717) is 11.8 Å². The van der Waals surface area contributed by atoms with E-state index in [1.165, 1.54) is 5.56 Å². The predicted molar refractivity (Wildman–Crippen MR) is 88.5 cm³/mol. The summed E-state index contributed by atoms with van der Waals surface area (Å²) >= 11 is 9.26. The van der Waals surface area contributed by atoms with Crippen molar-refractivity contribution in [3.05, 3.63) is 68.9 Å². The lowest BCUT2D eigenvalue weighted by atomic mass is 9.77. The summed E-state index contributed by atoms with van der Waals surface area (Å²) in [4.78, 5) is 0. The van der Waals surface area contributed by atoms with Gasteiger partial charge in [-0.3, -0.25) is 0 Å².